The maximum absolute atomic E-state index is 6.16. The largest absolute Gasteiger partial charge is 0.327 e. The van der Waals surface area contributed by atoms with Crippen molar-refractivity contribution in [3.8, 4) is 0 Å². The van der Waals surface area contributed by atoms with Gasteiger partial charge in [-0.3, -0.25) is 4.90 Å². The number of hydrogen-bond donors (Lipinski definition) is 1. The fraction of sp³-hybridized carbons (Fsp3) is 0.625. The number of benzene rings is 1. The quantitative estimate of drug-likeness (QED) is 0.920. The Balaban J connectivity index is 1.78. The van der Waals surface area contributed by atoms with Crippen LogP contribution in [0.3, 0.4) is 0 Å². The smallest absolute Gasteiger partial charge is 0.0244 e. The van der Waals surface area contributed by atoms with Gasteiger partial charge in [-0.05, 0) is 62.9 Å². The van der Waals surface area contributed by atoms with Gasteiger partial charge >= 0.3 is 0 Å². The molecule has 104 valence electrons. The van der Waals surface area contributed by atoms with E-state index in [9.17, 15) is 0 Å². The summed E-state index contributed by atoms with van der Waals surface area (Å²) < 4.78 is 1.25. The molecule has 1 heterocycles. The maximum atomic E-state index is 6.16. The maximum Gasteiger partial charge on any atom is 0.0244 e. The van der Waals surface area contributed by atoms with Crippen molar-refractivity contribution < 1.29 is 0 Å². The van der Waals surface area contributed by atoms with Crippen LogP contribution in [0.2, 0.25) is 0 Å². The van der Waals surface area contributed by atoms with E-state index in [0.717, 1.165) is 6.54 Å². The first-order valence-corrected chi connectivity index (χ1v) is 8.18. The zero-order chi connectivity index (χ0) is 13.5. The van der Waals surface area contributed by atoms with Crippen molar-refractivity contribution >= 4 is 15.9 Å². The highest BCUT2D eigenvalue weighted by atomic mass is 79.9. The number of rotatable bonds is 4. The summed E-state index contributed by atoms with van der Waals surface area (Å²) in [5, 5.41) is 0. The highest BCUT2D eigenvalue weighted by Gasteiger charge is 2.47. The van der Waals surface area contributed by atoms with Crippen LogP contribution in [-0.2, 0) is 12.0 Å². The van der Waals surface area contributed by atoms with Crippen LogP contribution in [0.4, 0.5) is 0 Å². The van der Waals surface area contributed by atoms with E-state index >= 15 is 0 Å². The first kappa shape index (κ1) is 13.6. The molecule has 0 radical (unpaired) electrons. The Labute approximate surface area is 124 Å². The van der Waals surface area contributed by atoms with Crippen LogP contribution in [0.5, 0.6) is 0 Å². The normalized spacial score (nSPS) is 23.5. The Bertz CT molecular complexity index is 460. The molecule has 1 aromatic rings. The zero-order valence-electron chi connectivity index (χ0n) is 11.7. The lowest BCUT2D eigenvalue weighted by molar-refractivity contribution is 0.330. The van der Waals surface area contributed by atoms with E-state index in [1.165, 1.54) is 54.4 Å². The lowest BCUT2D eigenvalue weighted by Crippen LogP contribution is -2.31. The van der Waals surface area contributed by atoms with E-state index < -0.39 is 0 Å². The van der Waals surface area contributed by atoms with Gasteiger partial charge in [-0.15, -0.1) is 0 Å². The molecular weight excluding hydrogens is 300 g/mol. The second kappa shape index (κ2) is 5.19. The SMILES string of the molecule is CC(N)C1(c2ccc(CN3CCCC3)c(Br)c2)CC1. The summed E-state index contributed by atoms with van der Waals surface area (Å²) in [5.74, 6) is 0. The van der Waals surface area contributed by atoms with Crippen molar-refractivity contribution in [2.75, 3.05) is 13.1 Å². The van der Waals surface area contributed by atoms with E-state index in [4.69, 9.17) is 5.73 Å². The molecule has 3 rings (SSSR count). The van der Waals surface area contributed by atoms with Crippen LogP contribution < -0.4 is 5.73 Å². The summed E-state index contributed by atoms with van der Waals surface area (Å²) in [6, 6.07) is 7.15. The summed E-state index contributed by atoms with van der Waals surface area (Å²) in [7, 11) is 0. The Morgan fingerprint density at radius 2 is 2.00 bits per heavy atom. The lowest BCUT2D eigenvalue weighted by atomic mass is 9.89. The van der Waals surface area contributed by atoms with E-state index in [1.807, 2.05) is 0 Å². The van der Waals surface area contributed by atoms with Crippen LogP contribution in [0.15, 0.2) is 22.7 Å². The van der Waals surface area contributed by atoms with Gasteiger partial charge in [-0.25, -0.2) is 0 Å². The zero-order valence-corrected chi connectivity index (χ0v) is 13.2. The summed E-state index contributed by atoms with van der Waals surface area (Å²) in [6.07, 6.45) is 5.18. The molecule has 0 bridgehead atoms. The molecule has 2 N–H and O–H groups in total. The summed E-state index contributed by atoms with van der Waals surface area (Å²) in [5.41, 5.74) is 9.24. The Morgan fingerprint density at radius 3 is 2.53 bits per heavy atom. The molecule has 0 spiro atoms. The molecule has 1 saturated carbocycles. The third-order valence-electron chi connectivity index (χ3n) is 4.88. The molecule has 1 aromatic carbocycles. The number of hydrogen-bond acceptors (Lipinski definition) is 2. The molecule has 1 aliphatic carbocycles. The topological polar surface area (TPSA) is 29.3 Å². The van der Waals surface area contributed by atoms with Gasteiger partial charge in [-0.2, -0.15) is 0 Å². The minimum atomic E-state index is 0.254. The van der Waals surface area contributed by atoms with Gasteiger partial charge in [0.25, 0.3) is 0 Å². The third kappa shape index (κ3) is 2.61. The molecule has 1 saturated heterocycles. The van der Waals surface area contributed by atoms with Crippen molar-refractivity contribution in [3.63, 3.8) is 0 Å². The van der Waals surface area contributed by atoms with Crippen LogP contribution in [0.1, 0.15) is 43.7 Å². The summed E-state index contributed by atoms with van der Waals surface area (Å²) in [6.45, 7) is 5.71. The average molecular weight is 323 g/mol. The molecular formula is C16H23BrN2. The molecule has 3 heteroatoms. The van der Waals surface area contributed by atoms with Crippen LogP contribution in [0.25, 0.3) is 0 Å². The molecule has 1 atom stereocenters. The first-order chi connectivity index (χ1) is 9.12. The van der Waals surface area contributed by atoms with Crippen molar-refractivity contribution in [2.45, 2.75) is 50.6 Å². The highest BCUT2D eigenvalue weighted by molar-refractivity contribution is 9.10. The fourth-order valence-corrected chi connectivity index (χ4v) is 3.81. The predicted octanol–water partition coefficient (Wildman–Crippen LogP) is 3.42. The fourth-order valence-electron chi connectivity index (χ4n) is 3.31. The minimum Gasteiger partial charge on any atom is -0.327 e. The number of nitrogens with zero attached hydrogens (tertiary/aromatic N) is 1. The molecule has 1 unspecified atom stereocenters. The monoisotopic (exact) mass is 322 g/mol. The molecule has 19 heavy (non-hydrogen) atoms. The standard InChI is InChI=1S/C16H23BrN2/c1-12(18)16(6-7-16)14-5-4-13(15(17)10-14)11-19-8-2-3-9-19/h4-5,10,12H,2-3,6-9,11,18H2,1H3. The molecule has 2 fully saturated rings. The predicted molar refractivity (Wildman–Crippen MR) is 83.2 cm³/mol. The third-order valence-corrected chi connectivity index (χ3v) is 5.62. The Kier molecular flexibility index (Phi) is 3.71. The molecule has 0 aromatic heterocycles. The second-order valence-corrected chi connectivity index (χ2v) is 7.09. The number of halogens is 1. The molecule has 0 amide bonds. The molecule has 1 aliphatic heterocycles. The summed E-state index contributed by atoms with van der Waals surface area (Å²) in [4.78, 5) is 2.54. The van der Waals surface area contributed by atoms with E-state index in [-0.39, 0.29) is 11.5 Å². The van der Waals surface area contributed by atoms with Gasteiger partial charge in [0.15, 0.2) is 0 Å². The van der Waals surface area contributed by atoms with Crippen LogP contribution in [0, 0.1) is 0 Å². The van der Waals surface area contributed by atoms with E-state index in [1.54, 1.807) is 0 Å². The Hall–Kier alpha value is -0.380. The molecule has 2 aliphatic rings. The summed E-state index contributed by atoms with van der Waals surface area (Å²) >= 11 is 3.76. The van der Waals surface area contributed by atoms with E-state index in [2.05, 4.69) is 46.0 Å². The minimum absolute atomic E-state index is 0.254. The number of likely N-dealkylation sites (tertiary alicyclic amines) is 1. The van der Waals surface area contributed by atoms with Gasteiger partial charge in [0, 0.05) is 22.5 Å². The van der Waals surface area contributed by atoms with Crippen molar-refractivity contribution in [3.05, 3.63) is 33.8 Å². The van der Waals surface area contributed by atoms with Crippen molar-refractivity contribution in [2.24, 2.45) is 5.73 Å². The number of nitrogens with two attached hydrogens (primary N) is 1. The average Bonchev–Trinajstić information content (AvgIpc) is 3.05. The van der Waals surface area contributed by atoms with Crippen LogP contribution >= 0.6 is 15.9 Å². The first-order valence-electron chi connectivity index (χ1n) is 7.39. The van der Waals surface area contributed by atoms with Crippen LogP contribution in [-0.4, -0.2) is 24.0 Å². The molecule has 2 nitrogen and oxygen atoms in total. The van der Waals surface area contributed by atoms with Gasteiger partial charge in [0.05, 0.1) is 0 Å². The van der Waals surface area contributed by atoms with Gasteiger partial charge in [0.2, 0.25) is 0 Å². The van der Waals surface area contributed by atoms with Gasteiger partial charge in [0.1, 0.15) is 0 Å². The Morgan fingerprint density at radius 1 is 1.32 bits per heavy atom. The van der Waals surface area contributed by atoms with Crippen molar-refractivity contribution in [1.82, 2.24) is 4.90 Å². The lowest BCUT2D eigenvalue weighted by Gasteiger charge is -2.22. The second-order valence-electron chi connectivity index (χ2n) is 6.23. The van der Waals surface area contributed by atoms with Gasteiger partial charge < -0.3 is 5.73 Å². The van der Waals surface area contributed by atoms with E-state index in [0.29, 0.717) is 0 Å². The highest BCUT2D eigenvalue weighted by Crippen LogP contribution is 2.50. The van der Waals surface area contributed by atoms with Crippen molar-refractivity contribution in [1.29, 1.82) is 0 Å². The van der Waals surface area contributed by atoms with Gasteiger partial charge in [-0.1, -0.05) is 28.1 Å².